The molecule has 6 nitrogen and oxygen atoms in total. The number of aliphatic hydroxyl groups is 1. The van der Waals surface area contributed by atoms with Crippen molar-refractivity contribution in [2.45, 2.75) is 0 Å². The predicted molar refractivity (Wildman–Crippen MR) is 80.7 cm³/mol. The van der Waals surface area contributed by atoms with Crippen LogP contribution in [0.1, 0.15) is 5.56 Å². The van der Waals surface area contributed by atoms with Gasteiger partial charge in [-0.1, -0.05) is 5.92 Å². The zero-order valence-electron chi connectivity index (χ0n) is 12.4. The van der Waals surface area contributed by atoms with Gasteiger partial charge in [0.25, 0.3) is 5.91 Å². The Hall–Kier alpha value is -2.85. The largest absolute Gasteiger partial charge is 0.466 e. The van der Waals surface area contributed by atoms with Crippen molar-refractivity contribution in [3.8, 4) is 12.3 Å². The number of β-amino-alcohol motifs (C(OH)–C–C–N with tert-alkyl or cyclic N) is 1. The SMILES string of the molecule is C#Cc1ccc(NC2=C(C(=O)OC)CN(CCO)C2=O)c(F)c1. The van der Waals surface area contributed by atoms with Crippen LogP contribution in [0.5, 0.6) is 0 Å². The van der Waals surface area contributed by atoms with E-state index in [2.05, 4.69) is 16.0 Å². The molecule has 0 saturated heterocycles. The Balaban J connectivity index is 2.35. The summed E-state index contributed by atoms with van der Waals surface area (Å²) in [6.45, 7) is -0.208. The lowest BCUT2D eigenvalue weighted by Gasteiger charge is -2.15. The van der Waals surface area contributed by atoms with Crippen LogP contribution in [-0.2, 0) is 14.3 Å². The molecular weight excluding hydrogens is 303 g/mol. The maximum atomic E-state index is 14.0. The summed E-state index contributed by atoms with van der Waals surface area (Å²) in [5.74, 6) is 0.446. The highest BCUT2D eigenvalue weighted by atomic mass is 19.1. The van der Waals surface area contributed by atoms with Crippen molar-refractivity contribution < 1.29 is 23.8 Å². The second-order valence-electron chi connectivity index (χ2n) is 4.76. The topological polar surface area (TPSA) is 78.9 Å². The van der Waals surface area contributed by atoms with E-state index < -0.39 is 17.7 Å². The van der Waals surface area contributed by atoms with Gasteiger partial charge in [-0.25, -0.2) is 9.18 Å². The summed E-state index contributed by atoms with van der Waals surface area (Å²) in [6.07, 6.45) is 5.19. The molecule has 1 aromatic carbocycles. The van der Waals surface area contributed by atoms with Gasteiger partial charge in [-0.3, -0.25) is 4.79 Å². The molecule has 0 atom stereocenters. The van der Waals surface area contributed by atoms with E-state index in [4.69, 9.17) is 11.5 Å². The molecule has 120 valence electrons. The number of amides is 1. The highest BCUT2D eigenvalue weighted by molar-refractivity contribution is 6.08. The Kier molecular flexibility index (Phi) is 4.98. The Labute approximate surface area is 132 Å². The molecule has 7 heteroatoms. The Bertz CT molecular complexity index is 721. The van der Waals surface area contributed by atoms with Crippen LogP contribution in [0.25, 0.3) is 0 Å². The molecule has 2 N–H and O–H groups in total. The number of hydrogen-bond acceptors (Lipinski definition) is 5. The number of aliphatic hydroxyl groups excluding tert-OH is 1. The van der Waals surface area contributed by atoms with Crippen LogP contribution < -0.4 is 5.32 Å². The first-order valence-electron chi connectivity index (χ1n) is 6.76. The summed E-state index contributed by atoms with van der Waals surface area (Å²) in [5, 5.41) is 11.6. The van der Waals surface area contributed by atoms with E-state index in [0.717, 1.165) is 6.07 Å². The van der Waals surface area contributed by atoms with Crippen molar-refractivity contribution in [1.82, 2.24) is 4.90 Å². The van der Waals surface area contributed by atoms with E-state index >= 15 is 0 Å². The summed E-state index contributed by atoms with van der Waals surface area (Å²) < 4.78 is 18.7. The van der Waals surface area contributed by atoms with Gasteiger partial charge in [0.2, 0.25) is 0 Å². The van der Waals surface area contributed by atoms with Gasteiger partial charge in [-0.2, -0.15) is 0 Å². The molecule has 1 aliphatic heterocycles. The summed E-state index contributed by atoms with van der Waals surface area (Å²) >= 11 is 0. The minimum absolute atomic E-state index is 0.0135. The van der Waals surface area contributed by atoms with Gasteiger partial charge in [0, 0.05) is 12.1 Å². The van der Waals surface area contributed by atoms with Crippen molar-refractivity contribution in [1.29, 1.82) is 0 Å². The monoisotopic (exact) mass is 318 g/mol. The van der Waals surface area contributed by atoms with Gasteiger partial charge < -0.3 is 20.1 Å². The minimum Gasteiger partial charge on any atom is -0.466 e. The van der Waals surface area contributed by atoms with Crippen molar-refractivity contribution in [2.24, 2.45) is 0 Å². The first-order chi connectivity index (χ1) is 11.0. The Morgan fingerprint density at radius 3 is 2.87 bits per heavy atom. The van der Waals surface area contributed by atoms with E-state index in [9.17, 15) is 14.0 Å². The van der Waals surface area contributed by atoms with Gasteiger partial charge in [-0.05, 0) is 18.2 Å². The van der Waals surface area contributed by atoms with E-state index in [-0.39, 0.29) is 36.7 Å². The van der Waals surface area contributed by atoms with Gasteiger partial charge in [0.1, 0.15) is 11.5 Å². The fraction of sp³-hybridized carbons (Fsp3) is 0.250. The molecule has 0 unspecified atom stereocenters. The molecule has 0 saturated carbocycles. The highest BCUT2D eigenvalue weighted by Gasteiger charge is 2.34. The van der Waals surface area contributed by atoms with Gasteiger partial charge >= 0.3 is 5.97 Å². The molecule has 1 aromatic rings. The van der Waals surface area contributed by atoms with Crippen molar-refractivity contribution in [3.63, 3.8) is 0 Å². The lowest BCUT2D eigenvalue weighted by molar-refractivity contribution is -0.136. The summed E-state index contributed by atoms with van der Waals surface area (Å²) in [7, 11) is 1.19. The maximum absolute atomic E-state index is 14.0. The first-order valence-corrected chi connectivity index (χ1v) is 6.76. The number of halogens is 1. The quantitative estimate of drug-likeness (QED) is 0.610. The van der Waals surface area contributed by atoms with Crippen LogP contribution in [0.3, 0.4) is 0 Å². The van der Waals surface area contributed by atoms with Crippen molar-refractivity contribution in [2.75, 3.05) is 32.1 Å². The molecule has 0 radical (unpaired) electrons. The molecule has 23 heavy (non-hydrogen) atoms. The van der Waals surface area contributed by atoms with Crippen molar-refractivity contribution >= 4 is 17.6 Å². The summed E-state index contributed by atoms with van der Waals surface area (Å²) in [4.78, 5) is 25.4. The smallest absolute Gasteiger partial charge is 0.337 e. The average Bonchev–Trinajstić information content (AvgIpc) is 2.85. The number of carbonyl (C=O) groups is 2. The van der Waals surface area contributed by atoms with Crippen LogP contribution >= 0.6 is 0 Å². The second-order valence-corrected chi connectivity index (χ2v) is 4.76. The molecule has 2 rings (SSSR count). The van der Waals surface area contributed by atoms with Crippen LogP contribution in [0.4, 0.5) is 10.1 Å². The number of rotatable bonds is 5. The number of nitrogens with one attached hydrogen (secondary N) is 1. The molecule has 1 heterocycles. The van der Waals surface area contributed by atoms with E-state index in [0.29, 0.717) is 5.56 Å². The Morgan fingerprint density at radius 2 is 2.30 bits per heavy atom. The first kappa shape index (κ1) is 16.5. The average molecular weight is 318 g/mol. The standard InChI is InChI=1S/C16H15FN2O4/c1-3-10-4-5-13(12(17)8-10)18-14-11(16(22)23-2)9-19(6-7-20)15(14)21/h1,4-5,8,18,20H,6-7,9H2,2H3. The predicted octanol–water partition coefficient (Wildman–Crippen LogP) is 0.480. The van der Waals surface area contributed by atoms with Gasteiger partial charge in [0.15, 0.2) is 0 Å². The zero-order chi connectivity index (χ0) is 17.0. The maximum Gasteiger partial charge on any atom is 0.337 e. The number of carbonyl (C=O) groups excluding carboxylic acids is 2. The van der Waals surface area contributed by atoms with E-state index in [1.165, 1.54) is 24.1 Å². The van der Waals surface area contributed by atoms with Crippen LogP contribution in [-0.4, -0.2) is 48.7 Å². The van der Waals surface area contributed by atoms with Crippen molar-refractivity contribution in [3.05, 3.63) is 40.8 Å². The number of nitrogens with zero attached hydrogens (tertiary/aromatic N) is 1. The van der Waals surface area contributed by atoms with Gasteiger partial charge in [-0.15, -0.1) is 6.42 Å². The zero-order valence-corrected chi connectivity index (χ0v) is 12.4. The number of esters is 1. The van der Waals surface area contributed by atoms with E-state index in [1.54, 1.807) is 0 Å². The minimum atomic E-state index is -0.693. The molecule has 0 fully saturated rings. The molecular formula is C16H15FN2O4. The molecule has 0 aliphatic carbocycles. The number of ether oxygens (including phenoxy) is 1. The number of anilines is 1. The number of benzene rings is 1. The summed E-state index contributed by atoms with van der Waals surface area (Å²) in [6, 6.07) is 4.04. The van der Waals surface area contributed by atoms with Crippen LogP contribution in [0, 0.1) is 18.2 Å². The lowest BCUT2D eigenvalue weighted by Crippen LogP contribution is -2.31. The van der Waals surface area contributed by atoms with Crippen LogP contribution in [0.2, 0.25) is 0 Å². The third-order valence-electron chi connectivity index (χ3n) is 3.35. The molecule has 1 amide bonds. The molecule has 1 aliphatic rings. The fourth-order valence-corrected chi connectivity index (χ4v) is 2.19. The lowest BCUT2D eigenvalue weighted by atomic mass is 10.2. The fourth-order valence-electron chi connectivity index (χ4n) is 2.19. The third-order valence-corrected chi connectivity index (χ3v) is 3.35. The third kappa shape index (κ3) is 3.33. The second kappa shape index (κ2) is 6.94. The number of methoxy groups -OCH3 is 1. The number of terminal acetylenes is 1. The summed E-state index contributed by atoms with van der Waals surface area (Å²) in [5.41, 5.74) is 0.374. The van der Waals surface area contributed by atoms with E-state index in [1.807, 2.05) is 0 Å². The normalized spacial score (nSPS) is 14.0. The molecule has 0 aromatic heterocycles. The number of hydrogen-bond donors (Lipinski definition) is 2. The van der Waals surface area contributed by atoms with Gasteiger partial charge in [0.05, 0.1) is 31.5 Å². The molecule has 0 spiro atoms. The Morgan fingerprint density at radius 1 is 1.57 bits per heavy atom. The van der Waals surface area contributed by atoms with Crippen LogP contribution in [0.15, 0.2) is 29.5 Å². The highest BCUT2D eigenvalue weighted by Crippen LogP contribution is 2.24. The molecule has 0 bridgehead atoms.